The minimum Gasteiger partial charge on any atom is -1.00 e. The fourth-order valence-corrected chi connectivity index (χ4v) is 33.8. The van der Waals surface area contributed by atoms with Crippen molar-refractivity contribution < 1.29 is 43.1 Å². The molecule has 0 amide bonds. The maximum atomic E-state index is 6.27. The third-order valence-corrected chi connectivity index (χ3v) is 33.1. The zero-order valence-corrected chi connectivity index (χ0v) is 39.5. The quantitative estimate of drug-likeness (QED) is 0.144. The van der Waals surface area contributed by atoms with E-state index in [0.717, 1.165) is 6.42 Å². The molecule has 2 aliphatic rings. The van der Waals surface area contributed by atoms with E-state index in [1.165, 1.54) is 66.8 Å². The van der Waals surface area contributed by atoms with E-state index in [1.54, 1.807) is 3.28 Å². The summed E-state index contributed by atoms with van der Waals surface area (Å²) < 4.78 is 8.05. The van der Waals surface area contributed by atoms with E-state index < -0.39 is 18.3 Å². The molecule has 58 heavy (non-hydrogen) atoms. The van der Waals surface area contributed by atoms with Gasteiger partial charge >= 0.3 is 340 Å². The summed E-state index contributed by atoms with van der Waals surface area (Å²) in [6.45, 7) is 18.9. The second-order valence-corrected chi connectivity index (χ2v) is 33.3. The minimum atomic E-state index is -5.38. The number of hydrogen-bond acceptors (Lipinski definition) is 0. The summed E-state index contributed by atoms with van der Waals surface area (Å²) in [6, 6.07) is 56.4. The summed E-state index contributed by atoms with van der Waals surface area (Å²) in [4.78, 5) is 0. The molecule has 0 saturated heterocycles. The van der Waals surface area contributed by atoms with Gasteiger partial charge in [-0.05, 0) is 0 Å². The van der Waals surface area contributed by atoms with Gasteiger partial charge in [-0.15, -0.1) is 0 Å². The Kier molecular flexibility index (Phi) is 12.3. The van der Waals surface area contributed by atoms with E-state index in [9.17, 15) is 0 Å². The van der Waals surface area contributed by atoms with Gasteiger partial charge in [-0.1, -0.05) is 0 Å². The summed E-state index contributed by atoms with van der Waals surface area (Å²) in [7, 11) is 0. The fourth-order valence-electron chi connectivity index (χ4n) is 11.4. The summed E-state index contributed by atoms with van der Waals surface area (Å²) >= 11 is -5.38. The van der Waals surface area contributed by atoms with Gasteiger partial charge in [-0.25, -0.2) is 0 Å². The van der Waals surface area contributed by atoms with Gasteiger partial charge in [-0.2, -0.15) is 0 Å². The van der Waals surface area contributed by atoms with E-state index in [1.807, 2.05) is 0 Å². The molecule has 0 fully saturated rings. The molecule has 0 N–H and O–H groups in total. The van der Waals surface area contributed by atoms with Gasteiger partial charge in [0.1, 0.15) is 0 Å². The predicted molar refractivity (Wildman–Crippen MR) is 239 cm³/mol. The Morgan fingerprint density at radius 2 is 0.845 bits per heavy atom. The molecule has 0 nitrogen and oxygen atoms in total. The summed E-state index contributed by atoms with van der Waals surface area (Å²) in [6.07, 6.45) is 8.19. The number of hydrogen-bond donors (Lipinski definition) is 0. The van der Waals surface area contributed by atoms with Crippen molar-refractivity contribution in [1.82, 2.24) is 0 Å². The molecule has 0 saturated carbocycles. The number of benzene rings is 6. The van der Waals surface area contributed by atoms with Crippen molar-refractivity contribution in [2.45, 2.75) is 83.5 Å². The monoisotopic (exact) mass is 878 g/mol. The topological polar surface area (TPSA) is 0 Å². The SMILES string of the molecule is [CH2]=[Zr+2]([C]1=CC=CC1)([CH](c1ccccc1)c1ccccc1)([CH](c1ccccc1)c1ccccc1)[CH]1c2cc(C)c(C(C)(C)C)cc2-c2cc(C(C)(C)C)c(C)cc21.[Cl-].[Cl-]. The van der Waals surface area contributed by atoms with Crippen molar-refractivity contribution in [2.24, 2.45) is 0 Å². The Hall–Kier alpha value is -3.87. The van der Waals surface area contributed by atoms with E-state index in [2.05, 4.69) is 219 Å². The number of allylic oxidation sites excluding steroid dienone is 4. The maximum Gasteiger partial charge on any atom is -1.00 e. The molecule has 0 atom stereocenters. The minimum absolute atomic E-state index is 0. The summed E-state index contributed by atoms with van der Waals surface area (Å²) in [5.41, 5.74) is 16.8. The van der Waals surface area contributed by atoms with Crippen LogP contribution in [0.3, 0.4) is 0 Å². The predicted octanol–water partition coefficient (Wildman–Crippen LogP) is 8.52. The molecule has 2 aliphatic carbocycles. The largest absolute Gasteiger partial charge is 1.00 e. The van der Waals surface area contributed by atoms with Crippen LogP contribution in [-0.2, 0) is 29.1 Å². The van der Waals surface area contributed by atoms with Gasteiger partial charge in [0.25, 0.3) is 0 Å². The molecular weight excluding hydrogens is 823 g/mol. The van der Waals surface area contributed by atoms with Gasteiger partial charge in [0.05, 0.1) is 0 Å². The van der Waals surface area contributed by atoms with Crippen molar-refractivity contribution in [1.29, 1.82) is 0 Å². The van der Waals surface area contributed by atoms with Crippen LogP contribution in [0.2, 0.25) is 0 Å². The molecule has 8 rings (SSSR count). The first-order chi connectivity index (χ1) is 26.7. The number of fused-ring (bicyclic) bond motifs is 3. The molecular formula is C55H58Cl2Zr. The van der Waals surface area contributed by atoms with Crippen molar-refractivity contribution >= 4 is 4.21 Å². The van der Waals surface area contributed by atoms with Gasteiger partial charge in [0, 0.05) is 0 Å². The molecule has 6 aromatic rings. The summed E-state index contributed by atoms with van der Waals surface area (Å²) in [5, 5.41) is 0. The average Bonchev–Trinajstić information content (AvgIpc) is 3.83. The van der Waals surface area contributed by atoms with Gasteiger partial charge in [-0.3, -0.25) is 0 Å². The average molecular weight is 881 g/mol. The maximum absolute atomic E-state index is 6.27. The fraction of sp³-hybridized carbons (Fsp3) is 0.255. The Morgan fingerprint density at radius 3 is 1.12 bits per heavy atom. The Balaban J connectivity index is 0.00000283. The molecule has 0 bridgehead atoms. The first-order valence-corrected chi connectivity index (χ1v) is 27.8. The van der Waals surface area contributed by atoms with E-state index >= 15 is 0 Å². The first kappa shape index (κ1) is 43.7. The molecule has 6 aromatic carbocycles. The van der Waals surface area contributed by atoms with Crippen LogP contribution in [0.5, 0.6) is 0 Å². The molecule has 3 heteroatoms. The van der Waals surface area contributed by atoms with Crippen molar-refractivity contribution in [3.63, 3.8) is 0 Å². The number of halogens is 2. The number of rotatable bonds is 8. The van der Waals surface area contributed by atoms with E-state index in [4.69, 9.17) is 4.21 Å². The Labute approximate surface area is 362 Å². The molecule has 0 spiro atoms. The zero-order chi connectivity index (χ0) is 39.5. The second kappa shape index (κ2) is 16.3. The van der Waals surface area contributed by atoms with Crippen LogP contribution in [0.4, 0.5) is 0 Å². The third kappa shape index (κ3) is 7.04. The molecule has 0 aliphatic heterocycles. The van der Waals surface area contributed by atoms with Crippen LogP contribution in [0, 0.1) is 13.8 Å². The van der Waals surface area contributed by atoms with Crippen LogP contribution >= 0.6 is 0 Å². The third-order valence-electron chi connectivity index (χ3n) is 13.5. The van der Waals surface area contributed by atoms with Gasteiger partial charge in [0.2, 0.25) is 0 Å². The smallest absolute Gasteiger partial charge is 1.00 e. The normalized spacial score (nSPS) is 13.7. The Morgan fingerprint density at radius 1 is 0.517 bits per heavy atom. The first-order valence-electron chi connectivity index (χ1n) is 20.6. The van der Waals surface area contributed by atoms with Crippen LogP contribution in [0.15, 0.2) is 167 Å². The van der Waals surface area contributed by atoms with Crippen molar-refractivity contribution in [3.8, 4) is 11.1 Å². The van der Waals surface area contributed by atoms with Crippen LogP contribution in [0.25, 0.3) is 11.1 Å². The molecule has 0 unspecified atom stereocenters. The number of aryl methyl sites for hydroxylation is 2. The second-order valence-electron chi connectivity index (χ2n) is 19.0. The van der Waals surface area contributed by atoms with Crippen LogP contribution in [-0.4, -0.2) is 4.21 Å². The van der Waals surface area contributed by atoms with Gasteiger partial charge in [0.15, 0.2) is 0 Å². The molecule has 0 heterocycles. The summed E-state index contributed by atoms with van der Waals surface area (Å²) in [5.74, 6) is 0. The van der Waals surface area contributed by atoms with E-state index in [-0.39, 0.29) is 46.5 Å². The van der Waals surface area contributed by atoms with Crippen molar-refractivity contribution in [2.75, 3.05) is 0 Å². The Bertz CT molecular complexity index is 2300. The standard InChI is InChI=1S/C23H29.2C13H11.C5H5.CH2.2ClH.Zr/c1-14-9-16-11-17-10-15(2)21(23(6,7)8)13-19(17)18(16)12-20(14)22(3,4)5;2*1-3-7-12(8-4-1)11-13-9-5-2-6-10-13;1-2-4-5-3-1;;;;/h9-13H,1-8H3;2*1-11H;1-3H,4H2;1H2;2*1H;/q;;;;;;;+2/p-2. The van der Waals surface area contributed by atoms with Crippen LogP contribution in [0.1, 0.15) is 114 Å². The molecule has 0 radical (unpaired) electrons. The molecule has 0 aromatic heterocycles. The van der Waals surface area contributed by atoms with Gasteiger partial charge < -0.3 is 24.8 Å². The van der Waals surface area contributed by atoms with Crippen molar-refractivity contribution in [3.05, 3.63) is 223 Å². The van der Waals surface area contributed by atoms with E-state index in [0.29, 0.717) is 0 Å². The molecule has 296 valence electrons. The zero-order valence-electron chi connectivity index (χ0n) is 35.5. The van der Waals surface area contributed by atoms with Crippen LogP contribution < -0.4 is 24.8 Å².